The molecule has 0 bridgehead atoms. The molecule has 0 radical (unpaired) electrons. The Labute approximate surface area is 169 Å². The quantitative estimate of drug-likeness (QED) is 0.437. The van der Waals surface area contributed by atoms with E-state index in [0.717, 1.165) is 69.6 Å². The highest BCUT2D eigenvalue weighted by atomic mass is 32.1. The van der Waals surface area contributed by atoms with Crippen LogP contribution in [0.1, 0.15) is 20.3 Å². The first-order valence-electron chi connectivity index (χ1n) is 9.92. The zero-order valence-electron chi connectivity index (χ0n) is 16.7. The van der Waals surface area contributed by atoms with Crippen LogP contribution in [0.15, 0.2) is 47.3 Å². The molecule has 0 saturated heterocycles. The summed E-state index contributed by atoms with van der Waals surface area (Å²) in [6, 6.07) is 14.1. The lowest BCUT2D eigenvalue weighted by Gasteiger charge is -2.18. The Balaban J connectivity index is 1.90. The van der Waals surface area contributed by atoms with Gasteiger partial charge in [0.05, 0.1) is 17.3 Å². The molecule has 0 amide bonds. The van der Waals surface area contributed by atoms with Crippen LogP contribution < -0.4 is 10.2 Å². The smallest absolute Gasteiger partial charge is 0.212 e. The molecule has 2 aromatic carbocycles. The Morgan fingerprint density at radius 2 is 1.86 bits per heavy atom. The first-order chi connectivity index (χ1) is 13.7. The number of methoxy groups -OCH3 is 1. The minimum absolute atomic E-state index is 0.116. The van der Waals surface area contributed by atoms with Gasteiger partial charge in [-0.25, -0.2) is 0 Å². The summed E-state index contributed by atoms with van der Waals surface area (Å²) in [7, 11) is 1.66. The molecular weight excluding hydrogens is 368 g/mol. The van der Waals surface area contributed by atoms with Gasteiger partial charge in [0.1, 0.15) is 11.3 Å². The summed E-state index contributed by atoms with van der Waals surface area (Å²) < 4.78 is 9.64. The van der Waals surface area contributed by atoms with Crippen molar-refractivity contribution in [2.45, 2.75) is 26.8 Å². The van der Waals surface area contributed by atoms with Gasteiger partial charge in [0.15, 0.2) is 0 Å². The summed E-state index contributed by atoms with van der Waals surface area (Å²) in [5, 5.41) is 1.93. The lowest BCUT2D eigenvalue weighted by atomic mass is 10.2. The predicted octanol–water partition coefficient (Wildman–Crippen LogP) is 5.11. The highest BCUT2D eigenvalue weighted by Crippen LogP contribution is 2.34. The van der Waals surface area contributed by atoms with Gasteiger partial charge in [-0.05, 0) is 50.3 Å². The summed E-state index contributed by atoms with van der Waals surface area (Å²) in [5.74, 6) is 0.783. The van der Waals surface area contributed by atoms with Gasteiger partial charge in [-0.2, -0.15) is 0 Å². The Morgan fingerprint density at radius 1 is 1.07 bits per heavy atom. The Morgan fingerprint density at radius 3 is 2.61 bits per heavy atom. The van der Waals surface area contributed by atoms with Crippen molar-refractivity contribution in [2.24, 2.45) is 0 Å². The van der Waals surface area contributed by atoms with E-state index in [1.165, 1.54) is 0 Å². The molecule has 0 N–H and O–H groups in total. The number of rotatable bonds is 7. The number of benzene rings is 2. The van der Waals surface area contributed by atoms with Gasteiger partial charge < -0.3 is 14.2 Å². The number of aryl methyl sites for hydroxylation is 1. The average molecular weight is 395 g/mol. The van der Waals surface area contributed by atoms with E-state index in [2.05, 4.69) is 47.6 Å². The molecule has 146 valence electrons. The molecule has 0 aliphatic heterocycles. The van der Waals surface area contributed by atoms with Crippen LogP contribution in [0.2, 0.25) is 0 Å². The van der Waals surface area contributed by atoms with Crippen molar-refractivity contribution in [1.29, 1.82) is 0 Å². The first kappa shape index (κ1) is 19.0. The number of para-hydroxylation sites is 1. The van der Waals surface area contributed by atoms with Crippen molar-refractivity contribution < 1.29 is 4.74 Å². The highest BCUT2D eigenvalue weighted by molar-refractivity contribution is 7.25. The third-order valence-corrected chi connectivity index (χ3v) is 6.71. The molecule has 0 unspecified atom stereocenters. The molecule has 0 spiro atoms. The Hall–Kier alpha value is -2.37. The van der Waals surface area contributed by atoms with Gasteiger partial charge in [0, 0.05) is 22.0 Å². The second kappa shape index (κ2) is 7.94. The van der Waals surface area contributed by atoms with Gasteiger partial charge in [-0.3, -0.25) is 4.79 Å². The maximum Gasteiger partial charge on any atom is 0.212 e. The minimum atomic E-state index is 0.116. The van der Waals surface area contributed by atoms with Gasteiger partial charge in [-0.1, -0.05) is 32.0 Å². The molecule has 5 heteroatoms. The van der Waals surface area contributed by atoms with Crippen LogP contribution in [0.25, 0.3) is 31.2 Å². The molecule has 0 atom stereocenters. The number of ether oxygens (including phenoxy) is 1. The van der Waals surface area contributed by atoms with Crippen molar-refractivity contribution in [2.75, 3.05) is 26.7 Å². The van der Waals surface area contributed by atoms with E-state index < -0.39 is 0 Å². The molecule has 0 aliphatic carbocycles. The summed E-state index contributed by atoms with van der Waals surface area (Å²) in [4.78, 5) is 15.8. The van der Waals surface area contributed by atoms with Crippen LogP contribution in [-0.4, -0.2) is 36.2 Å². The summed E-state index contributed by atoms with van der Waals surface area (Å²) in [6.45, 7) is 8.41. The normalized spacial score (nSPS) is 11.9. The zero-order valence-corrected chi connectivity index (χ0v) is 17.5. The van der Waals surface area contributed by atoms with Gasteiger partial charge in [0.25, 0.3) is 0 Å². The average Bonchev–Trinajstić information content (AvgIpc) is 3.05. The van der Waals surface area contributed by atoms with Crippen molar-refractivity contribution >= 4 is 42.5 Å². The maximum absolute atomic E-state index is 13.4. The van der Waals surface area contributed by atoms with E-state index in [-0.39, 0.29) is 5.43 Å². The van der Waals surface area contributed by atoms with E-state index in [0.29, 0.717) is 0 Å². The van der Waals surface area contributed by atoms with E-state index in [4.69, 9.17) is 4.74 Å². The predicted molar refractivity (Wildman–Crippen MR) is 120 cm³/mol. The number of nitrogens with zero attached hydrogens (tertiary/aromatic N) is 2. The minimum Gasteiger partial charge on any atom is -0.497 e. The molecule has 2 heterocycles. The third-order valence-electron chi connectivity index (χ3n) is 5.54. The lowest BCUT2D eigenvalue weighted by molar-refractivity contribution is 0.294. The van der Waals surface area contributed by atoms with Crippen molar-refractivity contribution in [3.8, 4) is 5.75 Å². The van der Waals surface area contributed by atoms with Gasteiger partial charge in [-0.15, -0.1) is 11.3 Å². The summed E-state index contributed by atoms with van der Waals surface area (Å²) in [5.41, 5.74) is 2.10. The van der Waals surface area contributed by atoms with Crippen LogP contribution in [-0.2, 0) is 6.54 Å². The van der Waals surface area contributed by atoms with Crippen LogP contribution in [0.4, 0.5) is 0 Å². The first-order valence-corrected chi connectivity index (χ1v) is 10.7. The lowest BCUT2D eigenvalue weighted by Crippen LogP contribution is -2.25. The second-order valence-corrected chi connectivity index (χ2v) is 8.07. The van der Waals surface area contributed by atoms with Crippen LogP contribution >= 0.6 is 11.3 Å². The van der Waals surface area contributed by atoms with Crippen LogP contribution in [0.5, 0.6) is 5.75 Å². The van der Waals surface area contributed by atoms with E-state index >= 15 is 0 Å². The van der Waals surface area contributed by atoms with Gasteiger partial charge in [0.2, 0.25) is 5.43 Å². The SMILES string of the molecule is CCN(CC)CCCn1c2ccccc2c2sc3cc(OC)ccc3c(=O)c21. The van der Waals surface area contributed by atoms with E-state index in [1.807, 2.05) is 18.2 Å². The van der Waals surface area contributed by atoms with Crippen LogP contribution in [0.3, 0.4) is 0 Å². The number of hydrogen-bond acceptors (Lipinski definition) is 4. The fourth-order valence-corrected chi connectivity index (χ4v) is 5.21. The van der Waals surface area contributed by atoms with E-state index in [1.54, 1.807) is 18.4 Å². The topological polar surface area (TPSA) is 34.5 Å². The molecule has 0 saturated carbocycles. The fourth-order valence-electron chi connectivity index (χ4n) is 3.96. The van der Waals surface area contributed by atoms with Crippen molar-refractivity contribution in [3.63, 3.8) is 0 Å². The van der Waals surface area contributed by atoms with Crippen molar-refractivity contribution in [1.82, 2.24) is 9.47 Å². The number of fused-ring (bicyclic) bond motifs is 4. The molecular formula is C23H26N2O2S. The molecule has 0 fully saturated rings. The zero-order chi connectivity index (χ0) is 19.7. The molecule has 4 rings (SSSR count). The Kier molecular flexibility index (Phi) is 5.38. The third kappa shape index (κ3) is 3.19. The molecule has 28 heavy (non-hydrogen) atoms. The molecule has 4 nitrogen and oxygen atoms in total. The largest absolute Gasteiger partial charge is 0.497 e. The maximum atomic E-state index is 13.4. The Bertz CT molecular complexity index is 1190. The molecule has 4 aromatic rings. The van der Waals surface area contributed by atoms with Gasteiger partial charge >= 0.3 is 0 Å². The molecule has 0 aliphatic rings. The second-order valence-electron chi connectivity index (χ2n) is 7.02. The number of hydrogen-bond donors (Lipinski definition) is 0. The van der Waals surface area contributed by atoms with Crippen molar-refractivity contribution in [3.05, 3.63) is 52.7 Å². The van der Waals surface area contributed by atoms with Crippen LogP contribution in [0, 0.1) is 0 Å². The monoisotopic (exact) mass is 394 g/mol. The highest BCUT2D eigenvalue weighted by Gasteiger charge is 2.17. The molecule has 2 aromatic heterocycles. The summed E-state index contributed by atoms with van der Waals surface area (Å²) in [6.07, 6.45) is 1.03. The van der Waals surface area contributed by atoms with E-state index in [9.17, 15) is 4.79 Å². The standard InChI is InChI=1S/C23H26N2O2S/c1-4-24(5-2)13-8-14-25-19-10-7-6-9-17(19)23-21(25)22(26)18-12-11-16(27-3)15-20(18)28-23/h6-7,9-12,15H,4-5,8,13-14H2,1-3H3. The fraction of sp³-hybridized carbons (Fsp3) is 0.348. The number of aromatic nitrogens is 1. The summed E-state index contributed by atoms with van der Waals surface area (Å²) >= 11 is 1.68.